The van der Waals surface area contributed by atoms with Gasteiger partial charge in [0.25, 0.3) is 5.69 Å². The molecule has 2 rings (SSSR count). The van der Waals surface area contributed by atoms with Crippen molar-refractivity contribution in [3.05, 3.63) is 31.9 Å². The maximum absolute atomic E-state index is 10.8. The first-order valence-electron chi connectivity index (χ1n) is 5.84. The number of hydrogen-bond acceptors (Lipinski definition) is 4. The Bertz CT molecular complexity index is 465. The average molecular weight is 361 g/mol. The van der Waals surface area contributed by atoms with Gasteiger partial charge in [-0.2, -0.15) is 0 Å². The second-order valence-electron chi connectivity index (χ2n) is 4.74. The molecule has 0 spiro atoms. The third-order valence-electron chi connectivity index (χ3n) is 3.39. The van der Waals surface area contributed by atoms with Crippen molar-refractivity contribution in [3.8, 4) is 0 Å². The summed E-state index contributed by atoms with van der Waals surface area (Å²) in [5.74, 6) is 0. The predicted molar refractivity (Wildman–Crippen MR) is 80.1 cm³/mol. The maximum atomic E-state index is 10.8. The van der Waals surface area contributed by atoms with Gasteiger partial charge in [0, 0.05) is 30.9 Å². The van der Waals surface area contributed by atoms with E-state index < -0.39 is 0 Å². The van der Waals surface area contributed by atoms with Crippen molar-refractivity contribution in [1.29, 1.82) is 0 Å². The zero-order valence-corrected chi connectivity index (χ0v) is 12.6. The fraction of sp³-hybridized carbons (Fsp3) is 0.500. The first kappa shape index (κ1) is 13.5. The van der Waals surface area contributed by atoms with Crippen molar-refractivity contribution in [2.75, 3.05) is 32.1 Å². The summed E-state index contributed by atoms with van der Waals surface area (Å²) in [5, 5.41) is 10.8. The Morgan fingerprint density at radius 3 is 2.72 bits per heavy atom. The summed E-state index contributed by atoms with van der Waals surface area (Å²) in [6.07, 6.45) is 1.14. The van der Waals surface area contributed by atoms with Crippen molar-refractivity contribution in [3.63, 3.8) is 0 Å². The van der Waals surface area contributed by atoms with Gasteiger partial charge >= 0.3 is 0 Å². The summed E-state index contributed by atoms with van der Waals surface area (Å²) < 4.78 is 0.698. The van der Waals surface area contributed by atoms with Crippen LogP contribution in [0.2, 0.25) is 0 Å². The van der Waals surface area contributed by atoms with Crippen molar-refractivity contribution >= 4 is 34.0 Å². The topological polar surface area (TPSA) is 49.6 Å². The minimum atomic E-state index is -0.335. The van der Waals surface area contributed by atoms with Crippen molar-refractivity contribution in [1.82, 2.24) is 4.90 Å². The number of nitro groups is 1. The van der Waals surface area contributed by atoms with Gasteiger partial charge in [-0.3, -0.25) is 10.1 Å². The fourth-order valence-electron chi connectivity index (χ4n) is 2.24. The lowest BCUT2D eigenvalue weighted by Crippen LogP contribution is -2.31. The quantitative estimate of drug-likeness (QED) is 0.471. The Labute approximate surface area is 120 Å². The van der Waals surface area contributed by atoms with Crippen LogP contribution >= 0.6 is 22.6 Å². The lowest BCUT2D eigenvalue weighted by atomic mass is 10.2. The summed E-state index contributed by atoms with van der Waals surface area (Å²) in [6, 6.07) is 5.91. The molecule has 1 aliphatic heterocycles. The molecular weight excluding hydrogens is 345 g/mol. The van der Waals surface area contributed by atoms with E-state index in [0.717, 1.165) is 25.2 Å². The minimum absolute atomic E-state index is 0.183. The van der Waals surface area contributed by atoms with E-state index in [1.165, 1.54) is 0 Å². The normalized spacial score (nSPS) is 19.6. The Balaban J connectivity index is 2.16. The molecule has 0 radical (unpaired) electrons. The Morgan fingerprint density at radius 2 is 2.22 bits per heavy atom. The van der Waals surface area contributed by atoms with Crippen molar-refractivity contribution < 1.29 is 4.92 Å². The first-order valence-corrected chi connectivity index (χ1v) is 6.92. The van der Waals surface area contributed by atoms with Gasteiger partial charge in [-0.1, -0.05) is 0 Å². The second kappa shape index (κ2) is 5.40. The van der Waals surface area contributed by atoms with Gasteiger partial charge in [0.05, 0.1) is 8.49 Å². The number of halogens is 1. The van der Waals surface area contributed by atoms with Gasteiger partial charge < -0.3 is 9.80 Å². The number of likely N-dealkylation sites (N-methyl/N-ethyl adjacent to an activating group) is 1. The SMILES string of the molecule is CN(C)[C@@H]1CCN(c2ccc([N+](=O)[O-])c(I)c2)C1. The number of rotatable bonds is 3. The Kier molecular flexibility index (Phi) is 4.06. The van der Waals surface area contributed by atoms with Crippen LogP contribution in [-0.4, -0.2) is 43.0 Å². The van der Waals surface area contributed by atoms with Crippen LogP contribution in [0.5, 0.6) is 0 Å². The summed E-state index contributed by atoms with van der Waals surface area (Å²) in [5.41, 5.74) is 1.26. The predicted octanol–water partition coefficient (Wildman–Crippen LogP) is 2.34. The van der Waals surface area contributed by atoms with Crippen LogP contribution in [0.4, 0.5) is 11.4 Å². The molecule has 0 saturated carbocycles. The molecule has 0 aliphatic carbocycles. The molecule has 1 aliphatic rings. The number of hydrogen-bond donors (Lipinski definition) is 0. The fourth-order valence-corrected chi connectivity index (χ4v) is 2.93. The van der Waals surface area contributed by atoms with Gasteiger partial charge in [-0.05, 0) is 55.2 Å². The van der Waals surface area contributed by atoms with E-state index in [4.69, 9.17) is 0 Å². The summed E-state index contributed by atoms with van der Waals surface area (Å²) in [4.78, 5) is 15.0. The zero-order chi connectivity index (χ0) is 13.3. The maximum Gasteiger partial charge on any atom is 0.282 e. The second-order valence-corrected chi connectivity index (χ2v) is 5.91. The molecule has 0 aromatic heterocycles. The lowest BCUT2D eigenvalue weighted by Gasteiger charge is -2.21. The standard InChI is InChI=1S/C12H16IN3O2/c1-14(2)10-5-6-15(8-10)9-3-4-12(16(17)18)11(13)7-9/h3-4,7,10H,5-6,8H2,1-2H3/t10-/m1/s1. The van der Waals surface area contributed by atoms with E-state index in [9.17, 15) is 10.1 Å². The molecule has 5 nitrogen and oxygen atoms in total. The number of nitrogens with zero attached hydrogens (tertiary/aromatic N) is 3. The molecule has 18 heavy (non-hydrogen) atoms. The van der Waals surface area contributed by atoms with E-state index in [1.54, 1.807) is 6.07 Å². The summed E-state index contributed by atoms with van der Waals surface area (Å²) in [6.45, 7) is 2.00. The first-order chi connectivity index (χ1) is 8.49. The zero-order valence-electron chi connectivity index (χ0n) is 10.5. The summed E-state index contributed by atoms with van der Waals surface area (Å²) in [7, 11) is 4.18. The third kappa shape index (κ3) is 2.74. The van der Waals surface area contributed by atoms with E-state index in [1.807, 2.05) is 34.7 Å². The highest BCUT2D eigenvalue weighted by atomic mass is 127. The van der Waals surface area contributed by atoms with E-state index in [2.05, 4.69) is 23.9 Å². The minimum Gasteiger partial charge on any atom is -0.370 e. The van der Waals surface area contributed by atoms with Gasteiger partial charge in [-0.15, -0.1) is 0 Å². The monoisotopic (exact) mass is 361 g/mol. The van der Waals surface area contributed by atoms with Crippen LogP contribution in [0, 0.1) is 13.7 Å². The van der Waals surface area contributed by atoms with Crippen LogP contribution < -0.4 is 4.90 Å². The molecular formula is C12H16IN3O2. The highest BCUT2D eigenvalue weighted by Gasteiger charge is 2.25. The van der Waals surface area contributed by atoms with Crippen molar-refractivity contribution in [2.45, 2.75) is 12.5 Å². The lowest BCUT2D eigenvalue weighted by molar-refractivity contribution is -0.385. The Morgan fingerprint density at radius 1 is 1.50 bits per heavy atom. The third-order valence-corrected chi connectivity index (χ3v) is 4.25. The molecule has 1 aromatic carbocycles. The number of anilines is 1. The van der Waals surface area contributed by atoms with Crippen LogP contribution in [0.15, 0.2) is 18.2 Å². The molecule has 0 N–H and O–H groups in total. The summed E-state index contributed by atoms with van der Waals surface area (Å²) >= 11 is 2.03. The van der Waals surface area contributed by atoms with E-state index in [-0.39, 0.29) is 10.6 Å². The van der Waals surface area contributed by atoms with Crippen LogP contribution in [-0.2, 0) is 0 Å². The van der Waals surface area contributed by atoms with Gasteiger partial charge in [0.1, 0.15) is 0 Å². The molecule has 1 saturated heterocycles. The van der Waals surface area contributed by atoms with Crippen LogP contribution in [0.1, 0.15) is 6.42 Å². The molecule has 0 bridgehead atoms. The van der Waals surface area contributed by atoms with Crippen LogP contribution in [0.25, 0.3) is 0 Å². The van der Waals surface area contributed by atoms with Gasteiger partial charge in [0.15, 0.2) is 0 Å². The van der Waals surface area contributed by atoms with E-state index in [0.29, 0.717) is 9.61 Å². The Hall–Kier alpha value is -0.890. The molecule has 98 valence electrons. The van der Waals surface area contributed by atoms with Crippen molar-refractivity contribution in [2.24, 2.45) is 0 Å². The largest absolute Gasteiger partial charge is 0.370 e. The van der Waals surface area contributed by atoms with Gasteiger partial charge in [-0.25, -0.2) is 0 Å². The molecule has 1 heterocycles. The molecule has 0 unspecified atom stereocenters. The van der Waals surface area contributed by atoms with E-state index >= 15 is 0 Å². The smallest absolute Gasteiger partial charge is 0.282 e. The highest BCUT2D eigenvalue weighted by molar-refractivity contribution is 14.1. The average Bonchev–Trinajstić information content (AvgIpc) is 2.77. The molecule has 6 heteroatoms. The number of nitro benzene ring substituents is 1. The molecule has 0 amide bonds. The number of benzene rings is 1. The van der Waals surface area contributed by atoms with Gasteiger partial charge in [0.2, 0.25) is 0 Å². The van der Waals surface area contributed by atoms with Crippen LogP contribution in [0.3, 0.4) is 0 Å². The molecule has 1 aromatic rings. The molecule has 1 atom stereocenters. The molecule has 1 fully saturated rings. The highest BCUT2D eigenvalue weighted by Crippen LogP contribution is 2.28.